The van der Waals surface area contributed by atoms with Crippen LogP contribution in [0.2, 0.25) is 5.02 Å². The van der Waals surface area contributed by atoms with E-state index < -0.39 is 0 Å². The van der Waals surface area contributed by atoms with Crippen molar-refractivity contribution in [3.8, 4) is 22.4 Å². The Morgan fingerprint density at radius 3 is 2.69 bits per heavy atom. The van der Waals surface area contributed by atoms with E-state index in [-0.39, 0.29) is 18.2 Å². The first-order valence-electron chi connectivity index (χ1n) is 7.26. The zero-order valence-corrected chi connectivity index (χ0v) is 15.9. The molecule has 4 aromatic rings. The van der Waals surface area contributed by atoms with E-state index in [1.54, 1.807) is 24.7 Å². The average molecular weight is 409 g/mol. The maximum Gasteiger partial charge on any atom is 0.180 e. The number of hydrogen-bond acceptors (Lipinski definition) is 7. The molecule has 7 nitrogen and oxygen atoms in total. The van der Waals surface area contributed by atoms with E-state index in [0.717, 1.165) is 21.6 Å². The minimum atomic E-state index is 0. The Labute approximate surface area is 163 Å². The quantitative estimate of drug-likeness (QED) is 0.342. The average Bonchev–Trinajstić information content (AvgIpc) is 3.25. The molecule has 3 heterocycles. The van der Waals surface area contributed by atoms with Gasteiger partial charge in [-0.25, -0.2) is 0 Å². The van der Waals surface area contributed by atoms with Crippen LogP contribution in [0.15, 0.2) is 40.1 Å². The number of H-pyrrole nitrogens is 1. The van der Waals surface area contributed by atoms with Crippen LogP contribution >= 0.6 is 35.8 Å². The van der Waals surface area contributed by atoms with Gasteiger partial charge in [-0.15, -0.1) is 24.2 Å². The van der Waals surface area contributed by atoms with Gasteiger partial charge in [-0.05, 0) is 18.4 Å². The van der Waals surface area contributed by atoms with Gasteiger partial charge in [0.05, 0.1) is 22.3 Å². The number of halogens is 2. The van der Waals surface area contributed by atoms with Gasteiger partial charge in [0.2, 0.25) is 0 Å². The third-order valence-corrected chi connectivity index (χ3v) is 5.01. The first-order valence-corrected chi connectivity index (χ1v) is 8.86. The van der Waals surface area contributed by atoms with Gasteiger partial charge < -0.3 is 16.0 Å². The van der Waals surface area contributed by atoms with Crippen molar-refractivity contribution >= 4 is 58.2 Å². The SMILES string of the molecule is CSc1cc(-c2ncc(-c3cn[nH]c3)c3onc(N)c23)c(Cl)cc1N.Cl. The summed E-state index contributed by atoms with van der Waals surface area (Å²) in [5.74, 6) is 0.251. The molecule has 0 amide bonds. The van der Waals surface area contributed by atoms with Crippen molar-refractivity contribution in [1.29, 1.82) is 0 Å². The van der Waals surface area contributed by atoms with Gasteiger partial charge in [0, 0.05) is 39.7 Å². The van der Waals surface area contributed by atoms with Crippen molar-refractivity contribution in [3.63, 3.8) is 0 Å². The van der Waals surface area contributed by atoms with Crippen molar-refractivity contribution in [2.45, 2.75) is 4.90 Å². The van der Waals surface area contributed by atoms with E-state index >= 15 is 0 Å². The molecule has 0 unspecified atom stereocenters. The molecule has 26 heavy (non-hydrogen) atoms. The number of anilines is 2. The molecule has 5 N–H and O–H groups in total. The second-order valence-corrected chi connectivity index (χ2v) is 6.61. The van der Waals surface area contributed by atoms with E-state index in [4.69, 9.17) is 27.6 Å². The predicted molar refractivity (Wildman–Crippen MR) is 108 cm³/mol. The van der Waals surface area contributed by atoms with Gasteiger partial charge in [-0.1, -0.05) is 16.8 Å². The van der Waals surface area contributed by atoms with Crippen molar-refractivity contribution in [2.24, 2.45) is 0 Å². The fraction of sp³-hybridized carbons (Fsp3) is 0.0625. The van der Waals surface area contributed by atoms with Gasteiger partial charge in [0.1, 0.15) is 0 Å². The summed E-state index contributed by atoms with van der Waals surface area (Å²) < 4.78 is 5.46. The predicted octanol–water partition coefficient (Wildman–Crippen LogP) is 4.24. The summed E-state index contributed by atoms with van der Waals surface area (Å²) in [4.78, 5) is 5.48. The highest BCUT2D eigenvalue weighted by atomic mass is 35.5. The monoisotopic (exact) mass is 408 g/mol. The minimum Gasteiger partial charge on any atom is -0.398 e. The van der Waals surface area contributed by atoms with Crippen LogP contribution in [0.5, 0.6) is 0 Å². The molecule has 0 radical (unpaired) electrons. The zero-order valence-electron chi connectivity index (χ0n) is 13.5. The van der Waals surface area contributed by atoms with Crippen LogP contribution in [0, 0.1) is 0 Å². The fourth-order valence-electron chi connectivity index (χ4n) is 2.70. The number of benzene rings is 1. The smallest absolute Gasteiger partial charge is 0.180 e. The summed E-state index contributed by atoms with van der Waals surface area (Å²) in [7, 11) is 0. The van der Waals surface area contributed by atoms with Gasteiger partial charge in [0.15, 0.2) is 11.4 Å². The van der Waals surface area contributed by atoms with Crippen molar-refractivity contribution in [2.75, 3.05) is 17.7 Å². The van der Waals surface area contributed by atoms with E-state index in [0.29, 0.717) is 27.4 Å². The van der Waals surface area contributed by atoms with Crippen LogP contribution in [-0.4, -0.2) is 26.6 Å². The second-order valence-electron chi connectivity index (χ2n) is 5.35. The Morgan fingerprint density at radius 2 is 2.00 bits per heavy atom. The number of thioether (sulfide) groups is 1. The highest BCUT2D eigenvalue weighted by Crippen LogP contribution is 2.41. The Hall–Kier alpha value is -2.42. The van der Waals surface area contributed by atoms with E-state index in [2.05, 4.69) is 20.3 Å². The van der Waals surface area contributed by atoms with Crippen LogP contribution in [0.25, 0.3) is 33.4 Å². The maximum absolute atomic E-state index is 6.42. The summed E-state index contributed by atoms with van der Waals surface area (Å²) in [6, 6.07) is 3.61. The lowest BCUT2D eigenvalue weighted by Crippen LogP contribution is -1.94. The fourth-order valence-corrected chi connectivity index (χ4v) is 3.49. The van der Waals surface area contributed by atoms with E-state index in [1.807, 2.05) is 12.3 Å². The lowest BCUT2D eigenvalue weighted by molar-refractivity contribution is 0.461. The van der Waals surface area contributed by atoms with Gasteiger partial charge in [-0.2, -0.15) is 5.10 Å². The van der Waals surface area contributed by atoms with Crippen LogP contribution in [0.3, 0.4) is 0 Å². The largest absolute Gasteiger partial charge is 0.398 e. The third-order valence-electron chi connectivity index (χ3n) is 3.91. The van der Waals surface area contributed by atoms with Crippen LogP contribution in [0.4, 0.5) is 11.5 Å². The lowest BCUT2D eigenvalue weighted by atomic mass is 10.0. The number of nitrogen functional groups attached to an aromatic ring is 2. The number of aromatic amines is 1. The van der Waals surface area contributed by atoms with Crippen LogP contribution in [-0.2, 0) is 0 Å². The summed E-state index contributed by atoms with van der Waals surface area (Å²) >= 11 is 7.95. The number of nitrogens with one attached hydrogen (secondary N) is 1. The highest BCUT2D eigenvalue weighted by Gasteiger charge is 2.21. The number of nitrogens with zero attached hydrogens (tertiary/aromatic N) is 3. The van der Waals surface area contributed by atoms with Crippen LogP contribution < -0.4 is 11.5 Å². The topological polar surface area (TPSA) is 120 Å². The van der Waals surface area contributed by atoms with Crippen molar-refractivity contribution in [1.82, 2.24) is 20.3 Å². The molecule has 10 heteroatoms. The molecule has 0 aliphatic carbocycles. The lowest BCUT2D eigenvalue weighted by Gasteiger charge is -2.10. The molecule has 1 aromatic carbocycles. The molecule has 134 valence electrons. The van der Waals surface area contributed by atoms with Crippen LogP contribution in [0.1, 0.15) is 0 Å². The molecular formula is C16H14Cl2N6OS. The van der Waals surface area contributed by atoms with Gasteiger partial charge in [0.25, 0.3) is 0 Å². The highest BCUT2D eigenvalue weighted by molar-refractivity contribution is 7.98. The summed E-state index contributed by atoms with van der Waals surface area (Å²) in [5, 5.41) is 11.7. The zero-order chi connectivity index (χ0) is 17.6. The molecule has 0 bridgehead atoms. The number of hydrogen-bond donors (Lipinski definition) is 3. The third kappa shape index (κ3) is 2.86. The Kier molecular flexibility index (Phi) is 4.99. The second kappa shape index (κ2) is 7.06. The Morgan fingerprint density at radius 1 is 1.19 bits per heavy atom. The van der Waals surface area contributed by atoms with E-state index in [1.165, 1.54) is 11.8 Å². The number of rotatable bonds is 3. The first-order chi connectivity index (χ1) is 12.1. The number of nitrogens with two attached hydrogens (primary N) is 2. The molecule has 0 aliphatic rings. The first kappa shape index (κ1) is 18.4. The van der Waals surface area contributed by atoms with Gasteiger partial charge >= 0.3 is 0 Å². The summed E-state index contributed by atoms with van der Waals surface area (Å²) in [6.07, 6.45) is 7.06. The Bertz CT molecular complexity index is 1080. The molecule has 0 fully saturated rings. The molecule has 0 atom stereocenters. The number of fused-ring (bicyclic) bond motifs is 1. The molecule has 0 saturated carbocycles. The van der Waals surface area contributed by atoms with Crippen molar-refractivity contribution < 1.29 is 4.52 Å². The number of pyridine rings is 1. The van der Waals surface area contributed by atoms with Gasteiger partial charge in [-0.3, -0.25) is 10.1 Å². The molecule has 0 aliphatic heterocycles. The molecule has 0 spiro atoms. The molecule has 4 rings (SSSR count). The molecule has 3 aromatic heterocycles. The van der Waals surface area contributed by atoms with E-state index in [9.17, 15) is 0 Å². The minimum absolute atomic E-state index is 0. The van der Waals surface area contributed by atoms with Crippen molar-refractivity contribution in [3.05, 3.63) is 35.7 Å². The molecule has 0 saturated heterocycles. The Balaban J connectivity index is 0.00000196. The number of aromatic nitrogens is 4. The standard InChI is InChI=1S/C16H13ClN6OS.ClH/c1-25-12-2-8(10(17)3-11(12)18)14-13-15(24-23-16(13)19)9(6-20-14)7-4-21-22-5-7;/h2-6H,18H2,1H3,(H2,19,23)(H,21,22);1H. The maximum atomic E-state index is 6.42. The summed E-state index contributed by atoms with van der Waals surface area (Å²) in [6.45, 7) is 0. The molecular weight excluding hydrogens is 395 g/mol. The summed E-state index contributed by atoms with van der Waals surface area (Å²) in [5.41, 5.74) is 16.1. The normalized spacial score (nSPS) is 10.8.